The van der Waals surface area contributed by atoms with Crippen LogP contribution in [0.3, 0.4) is 0 Å². The van der Waals surface area contributed by atoms with Crippen LogP contribution in [0, 0.1) is 11.8 Å². The molecule has 30 heavy (non-hydrogen) atoms. The fraction of sp³-hybridized carbons (Fsp3) is 0.909. The van der Waals surface area contributed by atoms with Crippen molar-refractivity contribution in [2.75, 3.05) is 6.54 Å². The standard InChI is InChI=1S/C22H41FN6O/c1-5-17-12-15(10-11-24-17)20(30)26-21(27-22(2,3)4)25-19-13-18(28-29-19)14-6-8-16(23)9-7-14/h14-19,24,28-29H,5-13H2,1-4H3,(H2,25,26,27,30). The van der Waals surface area contributed by atoms with E-state index in [0.717, 1.165) is 45.1 Å². The highest BCUT2D eigenvalue weighted by atomic mass is 19.1. The lowest BCUT2D eigenvalue weighted by Crippen LogP contribution is -2.53. The number of hydrazine groups is 1. The van der Waals surface area contributed by atoms with E-state index in [4.69, 9.17) is 4.99 Å². The van der Waals surface area contributed by atoms with Crippen LogP contribution in [0.2, 0.25) is 0 Å². The summed E-state index contributed by atoms with van der Waals surface area (Å²) in [7, 11) is 0. The van der Waals surface area contributed by atoms with Crippen molar-refractivity contribution in [3.8, 4) is 0 Å². The van der Waals surface area contributed by atoms with Gasteiger partial charge in [0.05, 0.1) is 0 Å². The first-order valence-electron chi connectivity index (χ1n) is 11.8. The monoisotopic (exact) mass is 424 g/mol. The molecule has 0 aromatic carbocycles. The third kappa shape index (κ3) is 6.89. The number of halogens is 1. The number of amides is 1. The van der Waals surface area contributed by atoms with Crippen molar-refractivity contribution in [3.05, 3.63) is 0 Å². The first-order valence-corrected chi connectivity index (χ1v) is 11.8. The van der Waals surface area contributed by atoms with E-state index >= 15 is 0 Å². The number of carbonyl (C=O) groups is 1. The van der Waals surface area contributed by atoms with Gasteiger partial charge < -0.3 is 10.6 Å². The van der Waals surface area contributed by atoms with Gasteiger partial charge >= 0.3 is 0 Å². The zero-order valence-corrected chi connectivity index (χ0v) is 19.1. The molecule has 1 amide bonds. The average Bonchev–Trinajstić information content (AvgIpc) is 3.15. The van der Waals surface area contributed by atoms with Crippen molar-refractivity contribution < 1.29 is 9.18 Å². The van der Waals surface area contributed by atoms with Gasteiger partial charge in [-0.15, -0.1) is 0 Å². The summed E-state index contributed by atoms with van der Waals surface area (Å²) in [5, 5.41) is 9.91. The Kier molecular flexibility index (Phi) is 8.10. The van der Waals surface area contributed by atoms with Crippen molar-refractivity contribution in [3.63, 3.8) is 0 Å². The fourth-order valence-electron chi connectivity index (χ4n) is 4.82. The van der Waals surface area contributed by atoms with Gasteiger partial charge in [-0.05, 0) is 78.2 Å². The number of nitrogens with zero attached hydrogens (tertiary/aromatic N) is 1. The molecule has 7 nitrogen and oxygen atoms in total. The number of hydrogen-bond donors (Lipinski definition) is 5. The van der Waals surface area contributed by atoms with E-state index in [0.29, 0.717) is 36.8 Å². The molecular formula is C22H41FN6O. The molecule has 0 radical (unpaired) electrons. The van der Waals surface area contributed by atoms with Crippen LogP contribution in [0.4, 0.5) is 4.39 Å². The summed E-state index contributed by atoms with van der Waals surface area (Å²) in [6, 6.07) is 0.707. The summed E-state index contributed by atoms with van der Waals surface area (Å²) in [6.45, 7) is 9.22. The van der Waals surface area contributed by atoms with Crippen LogP contribution in [0.25, 0.3) is 0 Å². The van der Waals surface area contributed by atoms with Crippen molar-refractivity contribution in [1.82, 2.24) is 26.8 Å². The highest BCUT2D eigenvalue weighted by Gasteiger charge is 2.34. The van der Waals surface area contributed by atoms with Crippen molar-refractivity contribution in [1.29, 1.82) is 0 Å². The van der Waals surface area contributed by atoms with Gasteiger partial charge in [-0.25, -0.2) is 14.8 Å². The Morgan fingerprint density at radius 3 is 2.50 bits per heavy atom. The van der Waals surface area contributed by atoms with Gasteiger partial charge in [0.1, 0.15) is 12.3 Å². The van der Waals surface area contributed by atoms with E-state index in [1.807, 2.05) is 0 Å². The SMILES string of the molecule is CCC1CC(C(=O)N/C(=N/C2CC(C3CCC(F)CC3)NN2)NC(C)(C)C)CCN1. The minimum Gasteiger partial charge on any atom is -0.351 e. The number of carbonyl (C=O) groups excluding carboxylic acids is 1. The fourth-order valence-corrected chi connectivity index (χ4v) is 4.82. The summed E-state index contributed by atoms with van der Waals surface area (Å²) in [4.78, 5) is 17.7. The minimum atomic E-state index is -0.635. The summed E-state index contributed by atoms with van der Waals surface area (Å²) in [5.41, 5.74) is 6.42. The molecule has 172 valence electrons. The molecule has 8 heteroatoms. The Morgan fingerprint density at radius 1 is 1.10 bits per heavy atom. The highest BCUT2D eigenvalue weighted by Crippen LogP contribution is 2.31. The maximum Gasteiger partial charge on any atom is 0.229 e. The van der Waals surface area contributed by atoms with Crippen LogP contribution in [0.1, 0.15) is 79.1 Å². The zero-order valence-electron chi connectivity index (χ0n) is 19.1. The smallest absolute Gasteiger partial charge is 0.229 e. The lowest BCUT2D eigenvalue weighted by molar-refractivity contribution is -0.124. The number of nitrogens with one attached hydrogen (secondary N) is 5. The predicted molar refractivity (Wildman–Crippen MR) is 119 cm³/mol. The quantitative estimate of drug-likeness (QED) is 0.353. The lowest BCUT2D eigenvalue weighted by Gasteiger charge is -2.30. The molecule has 3 rings (SSSR count). The molecule has 0 bridgehead atoms. The van der Waals surface area contributed by atoms with Gasteiger partial charge in [0.15, 0.2) is 5.96 Å². The lowest BCUT2D eigenvalue weighted by atomic mass is 9.82. The molecule has 4 atom stereocenters. The first kappa shape index (κ1) is 23.4. The van der Waals surface area contributed by atoms with Gasteiger partial charge in [0, 0.05) is 30.0 Å². The largest absolute Gasteiger partial charge is 0.351 e. The average molecular weight is 425 g/mol. The molecule has 0 aromatic heterocycles. The molecule has 0 spiro atoms. The van der Waals surface area contributed by atoms with Crippen molar-refractivity contribution in [2.24, 2.45) is 16.8 Å². The van der Waals surface area contributed by atoms with Gasteiger partial charge in [-0.3, -0.25) is 15.5 Å². The third-order valence-corrected chi connectivity index (χ3v) is 6.56. The Bertz CT molecular complexity index is 599. The number of alkyl halides is 1. The highest BCUT2D eigenvalue weighted by molar-refractivity contribution is 5.98. The van der Waals surface area contributed by atoms with E-state index in [1.165, 1.54) is 0 Å². The minimum absolute atomic E-state index is 0.0152. The van der Waals surface area contributed by atoms with Gasteiger partial charge in [0.2, 0.25) is 5.91 Å². The molecule has 1 aliphatic carbocycles. The van der Waals surface area contributed by atoms with Crippen LogP contribution in [-0.2, 0) is 4.79 Å². The molecule has 2 aliphatic heterocycles. The van der Waals surface area contributed by atoms with E-state index in [9.17, 15) is 9.18 Å². The van der Waals surface area contributed by atoms with Gasteiger partial charge in [-0.2, -0.15) is 0 Å². The maximum absolute atomic E-state index is 13.5. The normalized spacial score (nSPS) is 35.8. The Labute approximate surface area is 180 Å². The summed E-state index contributed by atoms with van der Waals surface area (Å²) < 4.78 is 13.5. The van der Waals surface area contributed by atoms with E-state index in [1.54, 1.807) is 0 Å². The topological polar surface area (TPSA) is 89.6 Å². The molecular weight excluding hydrogens is 383 g/mol. The number of guanidine groups is 1. The summed E-state index contributed by atoms with van der Waals surface area (Å²) in [5.74, 6) is 1.08. The van der Waals surface area contributed by atoms with Crippen LogP contribution in [0.15, 0.2) is 4.99 Å². The number of hydrogen-bond acceptors (Lipinski definition) is 5. The number of piperidine rings is 1. The zero-order chi connectivity index (χ0) is 21.7. The van der Waals surface area contributed by atoms with Crippen LogP contribution in [-0.4, -0.2) is 48.4 Å². The second kappa shape index (κ2) is 10.4. The van der Waals surface area contributed by atoms with Crippen molar-refractivity contribution >= 4 is 11.9 Å². The van der Waals surface area contributed by atoms with Crippen molar-refractivity contribution in [2.45, 2.75) is 109 Å². The molecule has 3 aliphatic rings. The molecule has 0 aromatic rings. The van der Waals surface area contributed by atoms with Crippen LogP contribution in [0.5, 0.6) is 0 Å². The Morgan fingerprint density at radius 2 is 1.83 bits per heavy atom. The molecule has 2 saturated heterocycles. The predicted octanol–water partition coefficient (Wildman–Crippen LogP) is 2.35. The molecule has 3 fully saturated rings. The summed E-state index contributed by atoms with van der Waals surface area (Å²) in [6.07, 6.45) is 6.04. The van der Waals surface area contributed by atoms with E-state index < -0.39 is 6.17 Å². The molecule has 5 N–H and O–H groups in total. The second-order valence-electron chi connectivity index (χ2n) is 10.3. The van der Waals surface area contributed by atoms with E-state index in [-0.39, 0.29) is 23.5 Å². The van der Waals surface area contributed by atoms with Gasteiger partial charge in [0.25, 0.3) is 0 Å². The van der Waals surface area contributed by atoms with E-state index in [2.05, 4.69) is 54.5 Å². The molecule has 1 saturated carbocycles. The Hall–Kier alpha value is -1.25. The second-order valence-corrected chi connectivity index (χ2v) is 10.3. The molecule has 4 unspecified atom stereocenters. The number of aliphatic imine (C=N–C) groups is 1. The first-order chi connectivity index (χ1) is 14.2. The van der Waals surface area contributed by atoms with Gasteiger partial charge in [-0.1, -0.05) is 6.92 Å². The Balaban J connectivity index is 1.60. The molecule has 2 heterocycles. The third-order valence-electron chi connectivity index (χ3n) is 6.56. The summed E-state index contributed by atoms with van der Waals surface area (Å²) >= 11 is 0. The maximum atomic E-state index is 13.5. The number of rotatable bonds is 4. The van der Waals surface area contributed by atoms with Crippen LogP contribution >= 0.6 is 0 Å². The van der Waals surface area contributed by atoms with Crippen LogP contribution < -0.4 is 26.8 Å².